The lowest BCUT2D eigenvalue weighted by Crippen LogP contribution is -2.41. The fraction of sp³-hybridized carbons (Fsp3) is 0.550. The average Bonchev–Trinajstić information content (AvgIpc) is 3.03. The number of aryl methyl sites for hydroxylation is 1. The minimum absolute atomic E-state index is 0.482. The van der Waals surface area contributed by atoms with Crippen molar-refractivity contribution in [1.29, 1.82) is 0 Å². The second-order valence-electron chi connectivity index (χ2n) is 6.59. The predicted molar refractivity (Wildman–Crippen MR) is 111 cm³/mol. The molecular formula is C20H32N6O2. The van der Waals surface area contributed by atoms with Crippen LogP contribution in [-0.2, 0) is 13.6 Å². The first-order valence-electron chi connectivity index (χ1n) is 9.66. The molecule has 0 spiro atoms. The first kappa shape index (κ1) is 21.5. The molecule has 2 rings (SSSR count). The Balaban J connectivity index is 1.92. The summed E-state index contributed by atoms with van der Waals surface area (Å²) in [5.41, 5.74) is 0. The van der Waals surface area contributed by atoms with Crippen molar-refractivity contribution in [1.82, 2.24) is 25.0 Å². The summed E-state index contributed by atoms with van der Waals surface area (Å²) in [4.78, 5) is 6.80. The second kappa shape index (κ2) is 11.2. The van der Waals surface area contributed by atoms with E-state index < -0.39 is 0 Å². The van der Waals surface area contributed by atoms with Crippen molar-refractivity contribution >= 4 is 5.96 Å². The van der Waals surface area contributed by atoms with Gasteiger partial charge in [0.25, 0.3) is 0 Å². The van der Waals surface area contributed by atoms with Gasteiger partial charge in [-0.05, 0) is 37.6 Å². The van der Waals surface area contributed by atoms with Crippen LogP contribution in [-0.4, -0.2) is 59.5 Å². The summed E-state index contributed by atoms with van der Waals surface area (Å²) in [6.07, 6.45) is 2.23. The molecule has 0 aliphatic heterocycles. The minimum atomic E-state index is 0.482. The molecule has 0 aliphatic rings. The van der Waals surface area contributed by atoms with Gasteiger partial charge in [-0.15, -0.1) is 10.2 Å². The van der Waals surface area contributed by atoms with Gasteiger partial charge in [-0.1, -0.05) is 13.3 Å². The molecule has 154 valence electrons. The molecule has 1 aromatic carbocycles. The van der Waals surface area contributed by atoms with Gasteiger partial charge >= 0.3 is 0 Å². The lowest BCUT2D eigenvalue weighted by Gasteiger charge is -2.22. The molecule has 0 amide bonds. The van der Waals surface area contributed by atoms with Gasteiger partial charge in [-0.2, -0.15) is 0 Å². The Bertz CT molecular complexity index is 742. The number of nitrogens with one attached hydrogen (secondary N) is 1. The van der Waals surface area contributed by atoms with Crippen molar-refractivity contribution in [3.8, 4) is 11.5 Å². The Kier molecular flexibility index (Phi) is 8.58. The number of hydrogen-bond donors (Lipinski definition) is 1. The van der Waals surface area contributed by atoms with Gasteiger partial charge in [0, 0.05) is 20.6 Å². The predicted octanol–water partition coefficient (Wildman–Crippen LogP) is 2.39. The number of likely N-dealkylation sites (N-methyl/N-ethyl adjacent to an activating group) is 1. The van der Waals surface area contributed by atoms with E-state index in [1.807, 2.05) is 49.9 Å². The molecule has 0 aliphatic carbocycles. The van der Waals surface area contributed by atoms with Crippen LogP contribution in [0.15, 0.2) is 29.3 Å². The first-order valence-corrected chi connectivity index (χ1v) is 9.66. The van der Waals surface area contributed by atoms with E-state index in [-0.39, 0.29) is 0 Å². The number of benzene rings is 1. The van der Waals surface area contributed by atoms with Gasteiger partial charge in [0.05, 0.1) is 13.7 Å². The van der Waals surface area contributed by atoms with E-state index in [0.29, 0.717) is 19.7 Å². The van der Waals surface area contributed by atoms with Crippen LogP contribution in [0.1, 0.15) is 31.4 Å². The van der Waals surface area contributed by atoms with Crippen LogP contribution in [0.5, 0.6) is 11.5 Å². The van der Waals surface area contributed by atoms with Gasteiger partial charge in [-0.3, -0.25) is 0 Å². The maximum atomic E-state index is 5.83. The molecule has 0 saturated carbocycles. The van der Waals surface area contributed by atoms with E-state index >= 15 is 0 Å². The lowest BCUT2D eigenvalue weighted by molar-refractivity contribution is 0.280. The number of rotatable bonds is 10. The normalized spacial score (nSPS) is 11.4. The molecule has 0 saturated heterocycles. The molecule has 0 radical (unpaired) electrons. The number of hydrogen-bond acceptors (Lipinski definition) is 5. The smallest absolute Gasteiger partial charge is 0.194 e. The van der Waals surface area contributed by atoms with Crippen LogP contribution in [0.4, 0.5) is 0 Å². The van der Waals surface area contributed by atoms with Crippen LogP contribution in [0.3, 0.4) is 0 Å². The molecule has 2 aromatic rings. The Labute approximate surface area is 167 Å². The highest BCUT2D eigenvalue weighted by atomic mass is 16.5. The molecule has 0 atom stereocenters. The minimum Gasteiger partial charge on any atom is -0.497 e. The fourth-order valence-corrected chi connectivity index (χ4v) is 2.50. The molecule has 0 bridgehead atoms. The number of aliphatic imine (C=N–C) groups is 1. The highest BCUT2D eigenvalue weighted by Gasteiger charge is 2.09. The number of methoxy groups -OCH3 is 1. The van der Waals surface area contributed by atoms with Crippen molar-refractivity contribution in [3.63, 3.8) is 0 Å². The molecule has 0 unspecified atom stereocenters. The highest BCUT2D eigenvalue weighted by Crippen LogP contribution is 2.16. The molecular weight excluding hydrogens is 356 g/mol. The summed E-state index contributed by atoms with van der Waals surface area (Å²) < 4.78 is 13.0. The zero-order valence-electron chi connectivity index (χ0n) is 17.6. The van der Waals surface area contributed by atoms with Gasteiger partial charge < -0.3 is 24.3 Å². The third-order valence-electron chi connectivity index (χ3n) is 4.48. The Hall–Kier alpha value is -2.77. The van der Waals surface area contributed by atoms with E-state index in [2.05, 4.69) is 27.3 Å². The molecule has 8 heteroatoms. The Morgan fingerprint density at radius 1 is 1.21 bits per heavy atom. The van der Waals surface area contributed by atoms with Crippen molar-refractivity contribution in [2.45, 2.75) is 33.2 Å². The Morgan fingerprint density at radius 2 is 1.93 bits per heavy atom. The highest BCUT2D eigenvalue weighted by molar-refractivity contribution is 5.79. The maximum Gasteiger partial charge on any atom is 0.194 e. The van der Waals surface area contributed by atoms with Crippen LogP contribution in [0.2, 0.25) is 0 Å². The van der Waals surface area contributed by atoms with Gasteiger partial charge in [0.1, 0.15) is 30.5 Å². The second-order valence-corrected chi connectivity index (χ2v) is 6.59. The summed E-state index contributed by atoms with van der Waals surface area (Å²) in [5.74, 6) is 4.20. The molecule has 1 aromatic heterocycles. The van der Waals surface area contributed by atoms with Crippen LogP contribution in [0, 0.1) is 6.92 Å². The summed E-state index contributed by atoms with van der Waals surface area (Å²) in [6, 6.07) is 7.59. The third-order valence-corrected chi connectivity index (χ3v) is 4.48. The van der Waals surface area contributed by atoms with Crippen LogP contribution in [0.25, 0.3) is 0 Å². The quantitative estimate of drug-likeness (QED) is 0.383. The van der Waals surface area contributed by atoms with Crippen LogP contribution >= 0.6 is 0 Å². The number of ether oxygens (including phenoxy) is 2. The van der Waals surface area contributed by atoms with Gasteiger partial charge in [0.2, 0.25) is 0 Å². The van der Waals surface area contributed by atoms with E-state index in [4.69, 9.17) is 14.5 Å². The van der Waals surface area contributed by atoms with Crippen molar-refractivity contribution < 1.29 is 9.47 Å². The van der Waals surface area contributed by atoms with Gasteiger partial charge in [-0.25, -0.2) is 4.99 Å². The largest absolute Gasteiger partial charge is 0.497 e. The first-order chi connectivity index (χ1) is 13.5. The average molecular weight is 389 g/mol. The standard InChI is InChI=1S/C20H32N6O2/c1-6-7-12-21-20(22-15-19-24-23-16(2)26(19)4)25(3)13-14-28-18-10-8-17(27-5)9-11-18/h8-11H,6-7,12-15H2,1-5H3,(H,21,22). The number of nitrogens with zero attached hydrogens (tertiary/aromatic N) is 5. The lowest BCUT2D eigenvalue weighted by atomic mass is 10.3. The summed E-state index contributed by atoms with van der Waals surface area (Å²) >= 11 is 0. The Morgan fingerprint density at radius 3 is 2.54 bits per heavy atom. The molecule has 0 fully saturated rings. The number of unbranched alkanes of at least 4 members (excludes halogenated alkanes) is 1. The van der Waals surface area contributed by atoms with Crippen molar-refractivity contribution in [2.24, 2.45) is 12.0 Å². The summed E-state index contributed by atoms with van der Waals surface area (Å²) in [7, 11) is 5.62. The third kappa shape index (κ3) is 6.44. The maximum absolute atomic E-state index is 5.83. The summed E-state index contributed by atoms with van der Waals surface area (Å²) in [6.45, 7) is 6.74. The molecule has 28 heavy (non-hydrogen) atoms. The monoisotopic (exact) mass is 388 g/mol. The fourth-order valence-electron chi connectivity index (χ4n) is 2.50. The van der Waals surface area contributed by atoms with E-state index in [0.717, 1.165) is 48.5 Å². The molecule has 1 heterocycles. The number of guanidine groups is 1. The van der Waals surface area contributed by atoms with E-state index in [1.165, 1.54) is 0 Å². The van der Waals surface area contributed by atoms with E-state index in [9.17, 15) is 0 Å². The molecule has 8 nitrogen and oxygen atoms in total. The topological polar surface area (TPSA) is 76.8 Å². The van der Waals surface area contributed by atoms with Crippen molar-refractivity contribution in [3.05, 3.63) is 35.9 Å². The number of aromatic nitrogens is 3. The zero-order valence-corrected chi connectivity index (χ0v) is 17.6. The van der Waals surface area contributed by atoms with Crippen molar-refractivity contribution in [2.75, 3.05) is 33.9 Å². The van der Waals surface area contributed by atoms with E-state index in [1.54, 1.807) is 7.11 Å². The molecule has 1 N–H and O–H groups in total. The SMILES string of the molecule is CCCCNC(=NCc1nnc(C)n1C)N(C)CCOc1ccc(OC)cc1. The zero-order chi connectivity index (χ0) is 20.4. The van der Waals surface area contributed by atoms with Crippen LogP contribution < -0.4 is 14.8 Å². The van der Waals surface area contributed by atoms with Gasteiger partial charge in [0.15, 0.2) is 11.8 Å². The summed E-state index contributed by atoms with van der Waals surface area (Å²) in [5, 5.41) is 11.7.